The third-order valence-electron chi connectivity index (χ3n) is 4.11. The summed E-state index contributed by atoms with van der Waals surface area (Å²) < 4.78 is 7.80. The zero-order valence-electron chi connectivity index (χ0n) is 14.7. The number of allylic oxidation sites excluding steroid dienone is 8. The van der Waals surface area contributed by atoms with Crippen molar-refractivity contribution in [2.45, 2.75) is 0 Å². The maximum absolute atomic E-state index is 5.72. The average molecular weight is 319 g/mol. The monoisotopic (exact) mass is 319 g/mol. The molecule has 3 heteroatoms. The lowest BCUT2D eigenvalue weighted by Gasteiger charge is -2.16. The summed E-state index contributed by atoms with van der Waals surface area (Å²) in [5.74, 6) is 0.870. The van der Waals surface area contributed by atoms with Crippen LogP contribution in [0.3, 0.4) is 0 Å². The third-order valence-corrected chi connectivity index (χ3v) is 4.11. The van der Waals surface area contributed by atoms with Crippen molar-refractivity contribution in [1.29, 1.82) is 0 Å². The Labute approximate surface area is 143 Å². The molecule has 0 bridgehead atoms. The molecule has 0 spiro atoms. The molecule has 1 aliphatic carbocycles. The lowest BCUT2D eigenvalue weighted by atomic mass is 10.0. The molecule has 122 valence electrons. The van der Waals surface area contributed by atoms with E-state index in [-0.39, 0.29) is 0 Å². The minimum absolute atomic E-state index is 0.870. The molecule has 0 atom stereocenters. The topological polar surface area (TPSA) is 15.5 Å². The zero-order chi connectivity index (χ0) is 17.1. The molecule has 0 radical (unpaired) electrons. The summed E-state index contributed by atoms with van der Waals surface area (Å²) in [5.41, 5.74) is 5.78. The molecule has 0 aromatic heterocycles. The molecule has 3 nitrogen and oxygen atoms in total. The van der Waals surface area contributed by atoms with Crippen molar-refractivity contribution < 1.29 is 9.31 Å². The summed E-state index contributed by atoms with van der Waals surface area (Å²) in [4.78, 5) is 2.10. The quantitative estimate of drug-likeness (QED) is 0.771. The van der Waals surface area contributed by atoms with E-state index in [1.165, 1.54) is 17.0 Å². The molecule has 24 heavy (non-hydrogen) atoms. The van der Waals surface area contributed by atoms with E-state index < -0.39 is 0 Å². The molecule has 2 aliphatic rings. The first-order valence-electron chi connectivity index (χ1n) is 8.02. The summed E-state index contributed by atoms with van der Waals surface area (Å²) >= 11 is 0. The first-order chi connectivity index (χ1) is 11.5. The normalized spacial score (nSPS) is 16.2. The molecule has 0 saturated heterocycles. The van der Waals surface area contributed by atoms with Gasteiger partial charge < -0.3 is 9.64 Å². The van der Waals surface area contributed by atoms with Crippen molar-refractivity contribution in [3.8, 4) is 0 Å². The average Bonchev–Trinajstić information content (AvgIpc) is 2.62. The van der Waals surface area contributed by atoms with Crippen LogP contribution in [0, 0.1) is 0 Å². The zero-order valence-corrected chi connectivity index (χ0v) is 14.7. The molecular formula is C21H23N2O+. The largest absolute Gasteiger partial charge is 0.464 e. The van der Waals surface area contributed by atoms with Crippen LogP contribution in [-0.4, -0.2) is 38.5 Å². The number of anilines is 1. The van der Waals surface area contributed by atoms with Crippen LogP contribution in [0.1, 0.15) is 5.56 Å². The fourth-order valence-corrected chi connectivity index (χ4v) is 2.61. The van der Waals surface area contributed by atoms with Crippen LogP contribution in [0.4, 0.5) is 5.69 Å². The minimum atomic E-state index is 0.870. The van der Waals surface area contributed by atoms with Crippen molar-refractivity contribution in [1.82, 2.24) is 0 Å². The Morgan fingerprint density at radius 2 is 1.54 bits per heavy atom. The highest BCUT2D eigenvalue weighted by molar-refractivity contribution is 6.02. The van der Waals surface area contributed by atoms with Crippen LogP contribution in [0.5, 0.6) is 0 Å². The Hall–Kier alpha value is -2.81. The van der Waals surface area contributed by atoms with Crippen LogP contribution in [0.25, 0.3) is 5.57 Å². The van der Waals surface area contributed by atoms with Gasteiger partial charge in [-0.1, -0.05) is 12.1 Å². The first kappa shape index (κ1) is 16.1. The van der Waals surface area contributed by atoms with Crippen molar-refractivity contribution in [2.75, 3.05) is 33.1 Å². The molecule has 0 unspecified atom stereocenters. The van der Waals surface area contributed by atoms with Gasteiger partial charge in [-0.15, -0.1) is 0 Å². The Kier molecular flexibility index (Phi) is 4.52. The second kappa shape index (κ2) is 6.75. The predicted octanol–water partition coefficient (Wildman–Crippen LogP) is 3.77. The fourth-order valence-electron chi connectivity index (χ4n) is 2.61. The van der Waals surface area contributed by atoms with Gasteiger partial charge in [0.2, 0.25) is 0 Å². The van der Waals surface area contributed by atoms with E-state index in [9.17, 15) is 0 Å². The number of nitrogens with zero attached hydrogens (tertiary/aromatic N) is 2. The molecule has 1 aromatic carbocycles. The van der Waals surface area contributed by atoms with Gasteiger partial charge in [-0.2, -0.15) is 0 Å². The molecule has 1 heterocycles. The van der Waals surface area contributed by atoms with E-state index in [1.807, 2.05) is 34.3 Å². The van der Waals surface area contributed by atoms with Crippen LogP contribution in [0.2, 0.25) is 0 Å². The SMILES string of the molecule is CN(C)c1ccc(C2=CC(=C3C=CC(=[N+](C)C)C=C3)OC=C2)cc1. The Bertz CT molecular complexity index is 794. The van der Waals surface area contributed by atoms with E-state index >= 15 is 0 Å². The van der Waals surface area contributed by atoms with Gasteiger partial charge in [0.05, 0.1) is 6.26 Å². The van der Waals surface area contributed by atoms with E-state index in [1.54, 1.807) is 6.26 Å². The van der Waals surface area contributed by atoms with E-state index in [4.69, 9.17) is 4.74 Å². The van der Waals surface area contributed by atoms with Gasteiger partial charge in [0.15, 0.2) is 5.71 Å². The number of rotatable bonds is 2. The number of hydrogen-bond acceptors (Lipinski definition) is 2. The smallest absolute Gasteiger partial charge is 0.199 e. The van der Waals surface area contributed by atoms with Crippen molar-refractivity contribution in [3.05, 3.63) is 83.9 Å². The van der Waals surface area contributed by atoms with Gasteiger partial charge in [-0.3, -0.25) is 0 Å². The van der Waals surface area contributed by atoms with Crippen LogP contribution >= 0.6 is 0 Å². The van der Waals surface area contributed by atoms with Crippen molar-refractivity contribution in [2.24, 2.45) is 0 Å². The predicted molar refractivity (Wildman–Crippen MR) is 101 cm³/mol. The first-order valence-corrected chi connectivity index (χ1v) is 8.02. The number of hydrogen-bond donors (Lipinski definition) is 0. The molecule has 0 N–H and O–H groups in total. The molecule has 0 fully saturated rings. The van der Waals surface area contributed by atoms with Crippen molar-refractivity contribution >= 4 is 17.0 Å². The van der Waals surface area contributed by atoms with Gasteiger partial charge in [0.25, 0.3) is 0 Å². The van der Waals surface area contributed by atoms with Crippen molar-refractivity contribution in [3.63, 3.8) is 0 Å². The number of ether oxygens (including phenoxy) is 1. The number of benzene rings is 1. The second-order valence-corrected chi connectivity index (χ2v) is 6.27. The highest BCUT2D eigenvalue weighted by Gasteiger charge is 2.12. The molecule has 1 aromatic rings. The maximum Gasteiger partial charge on any atom is 0.199 e. The highest BCUT2D eigenvalue weighted by atomic mass is 16.5. The molecule has 3 rings (SSSR count). The van der Waals surface area contributed by atoms with E-state index in [0.29, 0.717) is 0 Å². The minimum Gasteiger partial charge on any atom is -0.464 e. The van der Waals surface area contributed by atoms with E-state index in [0.717, 1.165) is 16.9 Å². The lowest BCUT2D eigenvalue weighted by molar-refractivity contribution is -0.462. The fraction of sp³-hybridized carbons (Fsp3) is 0.190. The Morgan fingerprint density at radius 1 is 0.875 bits per heavy atom. The van der Waals surface area contributed by atoms with Gasteiger partial charge in [-0.05, 0) is 47.6 Å². The van der Waals surface area contributed by atoms with Crippen LogP contribution < -0.4 is 4.90 Å². The Balaban J connectivity index is 1.90. The summed E-state index contributed by atoms with van der Waals surface area (Å²) in [6.45, 7) is 0. The molecule has 0 saturated carbocycles. The molecule has 0 amide bonds. The molecule has 1 aliphatic heterocycles. The van der Waals surface area contributed by atoms with Crippen LogP contribution in [-0.2, 0) is 4.74 Å². The van der Waals surface area contributed by atoms with Crippen LogP contribution in [0.15, 0.2) is 78.3 Å². The standard InChI is InChI=1S/C21H23N2O/c1-22(2)19-9-5-16(6-10-19)18-13-14-24-21(15-18)17-7-11-20(12-8-17)23(3)4/h5-15H,1-4H3/q+1. The van der Waals surface area contributed by atoms with Gasteiger partial charge in [0, 0.05) is 37.5 Å². The lowest BCUT2D eigenvalue weighted by Crippen LogP contribution is -2.10. The molecular weight excluding hydrogens is 296 g/mol. The Morgan fingerprint density at radius 3 is 2.12 bits per heavy atom. The summed E-state index contributed by atoms with van der Waals surface area (Å²) in [7, 11) is 8.17. The second-order valence-electron chi connectivity index (χ2n) is 6.27. The van der Waals surface area contributed by atoms with E-state index in [2.05, 4.69) is 64.1 Å². The summed E-state index contributed by atoms with van der Waals surface area (Å²) in [5, 5.41) is 0. The third kappa shape index (κ3) is 3.40. The summed E-state index contributed by atoms with van der Waals surface area (Å²) in [6.07, 6.45) is 14.2. The summed E-state index contributed by atoms with van der Waals surface area (Å²) in [6, 6.07) is 8.54. The maximum atomic E-state index is 5.72. The van der Waals surface area contributed by atoms with Gasteiger partial charge in [-0.25, -0.2) is 4.58 Å². The van der Waals surface area contributed by atoms with Gasteiger partial charge >= 0.3 is 0 Å². The van der Waals surface area contributed by atoms with Gasteiger partial charge in [0.1, 0.15) is 19.9 Å². The highest BCUT2D eigenvalue weighted by Crippen LogP contribution is 2.27.